The zero-order chi connectivity index (χ0) is 25.6. The normalized spacial score (nSPS) is 18.1. The molecule has 5 rings (SSSR count). The minimum atomic E-state index is -0.0713. The van der Waals surface area contributed by atoms with Crippen molar-refractivity contribution in [3.05, 3.63) is 75.3 Å². The molecule has 1 saturated heterocycles. The van der Waals surface area contributed by atoms with Crippen molar-refractivity contribution in [1.29, 1.82) is 0 Å². The van der Waals surface area contributed by atoms with E-state index in [0.29, 0.717) is 22.6 Å². The second kappa shape index (κ2) is 9.50. The Morgan fingerprint density at radius 1 is 1.14 bits per heavy atom. The van der Waals surface area contributed by atoms with Crippen LogP contribution in [0.5, 0.6) is 0 Å². The molecule has 4 heterocycles. The van der Waals surface area contributed by atoms with Gasteiger partial charge in [-0.3, -0.25) is 23.9 Å². The lowest BCUT2D eigenvalue weighted by Gasteiger charge is -2.36. The van der Waals surface area contributed by atoms with E-state index in [1.807, 2.05) is 59.2 Å². The first-order valence-electron chi connectivity index (χ1n) is 12.1. The number of carbonyl (C=O) groups excluding carboxylic acids is 1. The van der Waals surface area contributed by atoms with E-state index in [0.717, 1.165) is 47.5 Å². The van der Waals surface area contributed by atoms with Crippen molar-refractivity contribution in [2.45, 2.75) is 52.1 Å². The molecule has 1 amide bonds. The zero-order valence-corrected chi connectivity index (χ0v) is 21.7. The first kappa shape index (κ1) is 24.2. The third-order valence-corrected chi connectivity index (χ3v) is 7.51. The molecule has 36 heavy (non-hydrogen) atoms. The number of carbonyl (C=O) groups is 1. The minimum Gasteiger partial charge on any atom is -0.340 e. The summed E-state index contributed by atoms with van der Waals surface area (Å²) in [5.74, 6) is 1.16. The molecule has 8 nitrogen and oxygen atoms in total. The third kappa shape index (κ3) is 4.41. The lowest BCUT2D eigenvalue weighted by atomic mass is 9.90. The Kier molecular flexibility index (Phi) is 6.38. The van der Waals surface area contributed by atoms with Crippen LogP contribution in [0.1, 0.15) is 49.8 Å². The maximum absolute atomic E-state index is 12.9. The number of piperidine rings is 1. The van der Waals surface area contributed by atoms with Crippen molar-refractivity contribution in [1.82, 2.24) is 29.2 Å². The Balaban J connectivity index is 1.45. The van der Waals surface area contributed by atoms with E-state index in [4.69, 9.17) is 11.6 Å². The Morgan fingerprint density at radius 2 is 1.89 bits per heavy atom. The second-order valence-electron chi connectivity index (χ2n) is 9.61. The molecule has 0 aliphatic carbocycles. The summed E-state index contributed by atoms with van der Waals surface area (Å²) in [7, 11) is 1.75. The third-order valence-electron chi connectivity index (χ3n) is 7.17. The molecule has 1 aliphatic heterocycles. The number of likely N-dealkylation sites (tertiary alicyclic amines) is 1. The van der Waals surface area contributed by atoms with E-state index in [-0.39, 0.29) is 23.4 Å². The fraction of sp³-hybridized carbons (Fsp3) is 0.370. The molecule has 1 aromatic carbocycles. The van der Waals surface area contributed by atoms with Crippen LogP contribution in [0.3, 0.4) is 0 Å². The predicted octanol–water partition coefficient (Wildman–Crippen LogP) is 4.32. The number of nitrogens with zero attached hydrogens (tertiary/aromatic N) is 6. The highest BCUT2D eigenvalue weighted by Gasteiger charge is 2.29. The summed E-state index contributed by atoms with van der Waals surface area (Å²) in [6.45, 7) is 6.73. The molecule has 0 spiro atoms. The Morgan fingerprint density at radius 3 is 2.58 bits per heavy atom. The van der Waals surface area contributed by atoms with Gasteiger partial charge < -0.3 is 4.90 Å². The maximum Gasteiger partial charge on any atom is 0.274 e. The highest BCUT2D eigenvalue weighted by Crippen LogP contribution is 2.31. The van der Waals surface area contributed by atoms with Crippen LogP contribution in [0.25, 0.3) is 22.0 Å². The fourth-order valence-corrected chi connectivity index (χ4v) is 5.33. The van der Waals surface area contributed by atoms with Crippen molar-refractivity contribution < 1.29 is 4.79 Å². The molecule has 0 bridgehead atoms. The van der Waals surface area contributed by atoms with Crippen LogP contribution in [0, 0.1) is 6.92 Å². The number of hydrogen-bond acceptors (Lipinski definition) is 5. The van der Waals surface area contributed by atoms with E-state index >= 15 is 0 Å². The summed E-state index contributed by atoms with van der Waals surface area (Å²) in [4.78, 5) is 40.5. The highest BCUT2D eigenvalue weighted by molar-refractivity contribution is 6.31. The molecule has 4 aromatic rings. The minimum absolute atomic E-state index is 0.0713. The fourth-order valence-electron chi connectivity index (χ4n) is 5.16. The quantitative estimate of drug-likeness (QED) is 0.413. The Bertz CT molecular complexity index is 1510. The van der Waals surface area contributed by atoms with Gasteiger partial charge in [-0.15, -0.1) is 0 Å². The van der Waals surface area contributed by atoms with E-state index in [1.165, 1.54) is 0 Å². The maximum atomic E-state index is 12.9. The summed E-state index contributed by atoms with van der Waals surface area (Å²) in [5, 5.41) is 1.20. The zero-order valence-electron chi connectivity index (χ0n) is 20.9. The van der Waals surface area contributed by atoms with Gasteiger partial charge in [-0.05, 0) is 56.5 Å². The number of fused-ring (bicyclic) bond motifs is 1. The summed E-state index contributed by atoms with van der Waals surface area (Å²) >= 11 is 6.40. The lowest BCUT2D eigenvalue weighted by Crippen LogP contribution is -2.43. The van der Waals surface area contributed by atoms with Crippen LogP contribution in [-0.2, 0) is 18.4 Å². The van der Waals surface area contributed by atoms with Crippen LogP contribution in [0.15, 0.2) is 47.5 Å². The van der Waals surface area contributed by atoms with Crippen molar-refractivity contribution in [3.63, 3.8) is 0 Å². The van der Waals surface area contributed by atoms with E-state index in [1.54, 1.807) is 18.7 Å². The van der Waals surface area contributed by atoms with E-state index in [2.05, 4.69) is 21.9 Å². The van der Waals surface area contributed by atoms with Gasteiger partial charge in [0.25, 0.3) is 5.56 Å². The molecule has 3 aromatic heterocycles. The molecular weight excluding hydrogens is 476 g/mol. The number of pyridine rings is 1. The highest BCUT2D eigenvalue weighted by atomic mass is 35.5. The second-order valence-corrected chi connectivity index (χ2v) is 10.0. The molecule has 1 unspecified atom stereocenters. The first-order valence-corrected chi connectivity index (χ1v) is 12.5. The molecule has 9 heteroatoms. The monoisotopic (exact) mass is 504 g/mol. The molecular formula is C27H29ClN6O2. The molecule has 2 atom stereocenters. The van der Waals surface area contributed by atoms with Gasteiger partial charge in [0.05, 0.1) is 28.2 Å². The van der Waals surface area contributed by atoms with Gasteiger partial charge in [-0.1, -0.05) is 17.7 Å². The van der Waals surface area contributed by atoms with E-state index in [9.17, 15) is 9.59 Å². The van der Waals surface area contributed by atoms with Crippen molar-refractivity contribution in [3.8, 4) is 11.1 Å². The van der Waals surface area contributed by atoms with Crippen LogP contribution in [-0.4, -0.2) is 47.7 Å². The molecule has 0 radical (unpaired) electrons. The SMILES string of the molecule is CC(=O)N1CCC(c2ncc(-c3ccc4c(=O)n(C)n(Cc5nc(C)ccc5Cl)c4c3)cn2)C[C@H]1C. The standard InChI is InChI=1S/C27H29ClN6O2/c1-16-5-8-23(28)24(31-16)15-34-25-12-19(6-7-22(25)27(36)32(34)4)21-13-29-26(30-14-21)20-9-10-33(18(3)35)17(2)11-20/h5-8,12-14,17,20H,9-11,15H2,1-4H3/t17-,20?/m1/s1. The van der Waals surface area contributed by atoms with Crippen LogP contribution in [0.4, 0.5) is 0 Å². The first-order chi connectivity index (χ1) is 17.2. The van der Waals surface area contributed by atoms with Gasteiger partial charge in [-0.25, -0.2) is 9.97 Å². The van der Waals surface area contributed by atoms with Crippen molar-refractivity contribution in [2.24, 2.45) is 7.05 Å². The predicted molar refractivity (Wildman–Crippen MR) is 140 cm³/mol. The van der Waals surface area contributed by atoms with Crippen LogP contribution >= 0.6 is 11.6 Å². The summed E-state index contributed by atoms with van der Waals surface area (Å²) < 4.78 is 3.50. The number of hydrogen-bond donors (Lipinski definition) is 0. The summed E-state index contributed by atoms with van der Waals surface area (Å²) in [6, 6.07) is 9.65. The van der Waals surface area contributed by atoms with Gasteiger partial charge >= 0.3 is 0 Å². The topological polar surface area (TPSA) is 85.9 Å². The van der Waals surface area contributed by atoms with Gasteiger partial charge in [0.15, 0.2) is 0 Å². The van der Waals surface area contributed by atoms with Gasteiger partial charge in [0.2, 0.25) is 5.91 Å². The van der Waals surface area contributed by atoms with Gasteiger partial charge in [0, 0.05) is 56.1 Å². The number of benzene rings is 1. The van der Waals surface area contributed by atoms with Crippen molar-refractivity contribution in [2.75, 3.05) is 6.54 Å². The lowest BCUT2D eigenvalue weighted by molar-refractivity contribution is -0.132. The van der Waals surface area contributed by atoms with Gasteiger partial charge in [0.1, 0.15) is 5.82 Å². The molecule has 1 aliphatic rings. The molecule has 1 fully saturated rings. The van der Waals surface area contributed by atoms with Crippen LogP contribution < -0.4 is 5.56 Å². The van der Waals surface area contributed by atoms with E-state index < -0.39 is 0 Å². The molecule has 186 valence electrons. The molecule has 0 saturated carbocycles. The summed E-state index contributed by atoms with van der Waals surface area (Å²) in [6.07, 6.45) is 5.41. The largest absolute Gasteiger partial charge is 0.340 e. The molecule has 0 N–H and O–H groups in total. The average molecular weight is 505 g/mol. The number of aromatic nitrogens is 5. The average Bonchev–Trinajstić information content (AvgIpc) is 3.10. The number of halogens is 1. The summed E-state index contributed by atoms with van der Waals surface area (Å²) in [5.41, 5.74) is 4.12. The van der Waals surface area contributed by atoms with Gasteiger partial charge in [-0.2, -0.15) is 0 Å². The van der Waals surface area contributed by atoms with Crippen molar-refractivity contribution >= 4 is 28.4 Å². The van der Waals surface area contributed by atoms with Crippen LogP contribution in [0.2, 0.25) is 5.02 Å². The smallest absolute Gasteiger partial charge is 0.274 e. The Hall–Kier alpha value is -3.52. The Labute approximate surface area is 214 Å². The number of aryl methyl sites for hydroxylation is 1. The number of amides is 1. The number of rotatable bonds is 4.